The quantitative estimate of drug-likeness (QED) is 0.691. The van der Waals surface area contributed by atoms with Gasteiger partial charge in [-0.1, -0.05) is 28.1 Å². The van der Waals surface area contributed by atoms with Crippen LogP contribution in [0.25, 0.3) is 0 Å². The van der Waals surface area contributed by atoms with Gasteiger partial charge in [-0.3, -0.25) is 9.59 Å². The molecule has 0 saturated carbocycles. The standard InChI is InChI=1S/C18H16BrF3N2O2/c19-15-3-1-2-12(10-15)11-16(25)23-8-9-24-17(26)13-4-6-14(7-5-13)18(20,21)22/h1-7,10H,8-9,11H2,(H,23,25)(H,24,26). The Labute approximate surface area is 156 Å². The van der Waals surface area contributed by atoms with E-state index in [9.17, 15) is 22.8 Å². The van der Waals surface area contributed by atoms with E-state index >= 15 is 0 Å². The second kappa shape index (κ2) is 8.84. The summed E-state index contributed by atoms with van der Waals surface area (Å²) < 4.78 is 38.3. The molecule has 0 heterocycles. The fourth-order valence-electron chi connectivity index (χ4n) is 2.19. The van der Waals surface area contributed by atoms with Crippen molar-refractivity contribution in [2.75, 3.05) is 13.1 Å². The molecule has 0 fully saturated rings. The van der Waals surface area contributed by atoms with E-state index in [-0.39, 0.29) is 31.0 Å². The minimum atomic E-state index is -4.44. The molecule has 2 rings (SSSR count). The lowest BCUT2D eigenvalue weighted by atomic mass is 10.1. The lowest BCUT2D eigenvalue weighted by Crippen LogP contribution is -2.35. The normalized spacial score (nSPS) is 11.1. The Bertz CT molecular complexity index is 777. The smallest absolute Gasteiger partial charge is 0.354 e. The van der Waals surface area contributed by atoms with Gasteiger partial charge in [0, 0.05) is 23.1 Å². The Morgan fingerprint density at radius 2 is 1.62 bits per heavy atom. The number of rotatable bonds is 6. The summed E-state index contributed by atoms with van der Waals surface area (Å²) in [4.78, 5) is 23.7. The molecule has 0 bridgehead atoms. The van der Waals surface area contributed by atoms with Gasteiger partial charge in [-0.15, -0.1) is 0 Å². The lowest BCUT2D eigenvalue weighted by Gasteiger charge is -2.09. The predicted octanol–water partition coefficient (Wildman–Crippen LogP) is 3.56. The first-order valence-corrected chi connectivity index (χ1v) is 8.51. The third-order valence-electron chi connectivity index (χ3n) is 3.46. The molecule has 138 valence electrons. The molecule has 0 aliphatic carbocycles. The zero-order valence-corrected chi connectivity index (χ0v) is 15.2. The Morgan fingerprint density at radius 3 is 2.23 bits per heavy atom. The van der Waals surface area contributed by atoms with E-state index in [2.05, 4.69) is 26.6 Å². The molecule has 26 heavy (non-hydrogen) atoms. The summed E-state index contributed by atoms with van der Waals surface area (Å²) >= 11 is 3.33. The highest BCUT2D eigenvalue weighted by atomic mass is 79.9. The maximum atomic E-state index is 12.5. The Hall–Kier alpha value is -2.35. The Morgan fingerprint density at radius 1 is 0.962 bits per heavy atom. The van der Waals surface area contributed by atoms with Gasteiger partial charge in [0.2, 0.25) is 5.91 Å². The minimum Gasteiger partial charge on any atom is -0.354 e. The van der Waals surface area contributed by atoms with Gasteiger partial charge in [-0.2, -0.15) is 13.2 Å². The van der Waals surface area contributed by atoms with Gasteiger partial charge in [-0.25, -0.2) is 0 Å². The molecular weight excluding hydrogens is 413 g/mol. The molecular formula is C18H16BrF3N2O2. The van der Waals surface area contributed by atoms with Gasteiger partial charge in [0.15, 0.2) is 0 Å². The molecule has 4 nitrogen and oxygen atoms in total. The number of nitrogens with one attached hydrogen (secondary N) is 2. The number of halogens is 4. The molecule has 0 atom stereocenters. The van der Waals surface area contributed by atoms with Crippen LogP contribution in [0.2, 0.25) is 0 Å². The maximum Gasteiger partial charge on any atom is 0.416 e. The third-order valence-corrected chi connectivity index (χ3v) is 3.95. The number of amides is 2. The third kappa shape index (κ3) is 6.18. The van der Waals surface area contributed by atoms with Crippen molar-refractivity contribution in [1.82, 2.24) is 10.6 Å². The van der Waals surface area contributed by atoms with E-state index in [0.29, 0.717) is 0 Å². The summed E-state index contributed by atoms with van der Waals surface area (Å²) in [7, 11) is 0. The van der Waals surface area contributed by atoms with Crippen LogP contribution in [0.1, 0.15) is 21.5 Å². The number of hydrogen-bond acceptors (Lipinski definition) is 2. The molecule has 2 aromatic carbocycles. The van der Waals surface area contributed by atoms with Gasteiger partial charge in [0.05, 0.1) is 12.0 Å². The van der Waals surface area contributed by atoms with Crippen molar-refractivity contribution < 1.29 is 22.8 Å². The highest BCUT2D eigenvalue weighted by Crippen LogP contribution is 2.29. The average Bonchev–Trinajstić information content (AvgIpc) is 2.58. The van der Waals surface area contributed by atoms with Crippen LogP contribution in [0.15, 0.2) is 53.0 Å². The van der Waals surface area contributed by atoms with Crippen LogP contribution in [0.5, 0.6) is 0 Å². The first-order valence-electron chi connectivity index (χ1n) is 7.72. The fraction of sp³-hybridized carbons (Fsp3) is 0.222. The van der Waals surface area contributed by atoms with Crippen molar-refractivity contribution in [1.29, 1.82) is 0 Å². The van der Waals surface area contributed by atoms with Crippen LogP contribution in [0.4, 0.5) is 13.2 Å². The molecule has 0 aliphatic heterocycles. The van der Waals surface area contributed by atoms with E-state index in [4.69, 9.17) is 0 Å². The number of hydrogen-bond donors (Lipinski definition) is 2. The van der Waals surface area contributed by atoms with Crippen LogP contribution in [0.3, 0.4) is 0 Å². The number of benzene rings is 2. The summed E-state index contributed by atoms with van der Waals surface area (Å²) in [5.41, 5.74) is 0.165. The van der Waals surface area contributed by atoms with Crippen molar-refractivity contribution in [2.45, 2.75) is 12.6 Å². The molecule has 0 spiro atoms. The van der Waals surface area contributed by atoms with E-state index in [0.717, 1.165) is 34.3 Å². The fourth-order valence-corrected chi connectivity index (χ4v) is 2.63. The van der Waals surface area contributed by atoms with Crippen LogP contribution in [-0.2, 0) is 17.4 Å². The largest absolute Gasteiger partial charge is 0.416 e. The first kappa shape index (κ1) is 20.0. The van der Waals surface area contributed by atoms with E-state index in [1.165, 1.54) is 0 Å². The lowest BCUT2D eigenvalue weighted by molar-refractivity contribution is -0.137. The van der Waals surface area contributed by atoms with Gasteiger partial charge < -0.3 is 10.6 Å². The SMILES string of the molecule is O=C(Cc1cccc(Br)c1)NCCNC(=O)c1ccc(C(F)(F)F)cc1. The maximum absolute atomic E-state index is 12.5. The first-order chi connectivity index (χ1) is 12.3. The molecule has 2 amide bonds. The van der Waals surface area contributed by atoms with Crippen molar-refractivity contribution in [3.63, 3.8) is 0 Å². The van der Waals surface area contributed by atoms with Crippen LogP contribution in [-0.4, -0.2) is 24.9 Å². The average molecular weight is 429 g/mol. The summed E-state index contributed by atoms with van der Waals surface area (Å²) in [6.45, 7) is 0.392. The zero-order valence-electron chi connectivity index (χ0n) is 13.6. The molecule has 0 saturated heterocycles. The molecule has 8 heteroatoms. The van der Waals surface area contributed by atoms with E-state index in [1.807, 2.05) is 24.3 Å². The highest BCUT2D eigenvalue weighted by molar-refractivity contribution is 9.10. The van der Waals surface area contributed by atoms with Crippen LogP contribution >= 0.6 is 15.9 Å². The second-order valence-corrected chi connectivity index (χ2v) is 6.40. The molecule has 2 aromatic rings. The summed E-state index contributed by atoms with van der Waals surface area (Å²) in [6, 6.07) is 11.3. The van der Waals surface area contributed by atoms with Gasteiger partial charge >= 0.3 is 6.18 Å². The highest BCUT2D eigenvalue weighted by Gasteiger charge is 2.30. The molecule has 0 radical (unpaired) electrons. The molecule has 2 N–H and O–H groups in total. The zero-order chi connectivity index (χ0) is 19.2. The van der Waals surface area contributed by atoms with Crippen LogP contribution < -0.4 is 10.6 Å². The van der Waals surface area contributed by atoms with Gasteiger partial charge in [-0.05, 0) is 42.0 Å². The van der Waals surface area contributed by atoms with Gasteiger partial charge in [0.1, 0.15) is 0 Å². The monoisotopic (exact) mass is 428 g/mol. The van der Waals surface area contributed by atoms with Crippen molar-refractivity contribution >= 4 is 27.7 Å². The topological polar surface area (TPSA) is 58.2 Å². The van der Waals surface area contributed by atoms with Crippen molar-refractivity contribution in [3.8, 4) is 0 Å². The Kier molecular flexibility index (Phi) is 6.79. The van der Waals surface area contributed by atoms with Crippen molar-refractivity contribution in [3.05, 3.63) is 69.7 Å². The summed E-state index contributed by atoms with van der Waals surface area (Å²) in [5.74, 6) is -0.688. The van der Waals surface area contributed by atoms with E-state index in [1.54, 1.807) is 0 Å². The van der Waals surface area contributed by atoms with Crippen LogP contribution in [0, 0.1) is 0 Å². The van der Waals surface area contributed by atoms with E-state index < -0.39 is 17.6 Å². The molecule has 0 unspecified atom stereocenters. The predicted molar refractivity (Wildman–Crippen MR) is 94.6 cm³/mol. The van der Waals surface area contributed by atoms with Gasteiger partial charge in [0.25, 0.3) is 5.91 Å². The molecule has 0 aromatic heterocycles. The Balaban J connectivity index is 1.73. The summed E-state index contributed by atoms with van der Waals surface area (Å²) in [6.07, 6.45) is -4.22. The number of carbonyl (C=O) groups is 2. The van der Waals surface area contributed by atoms with Crippen molar-refractivity contribution in [2.24, 2.45) is 0 Å². The second-order valence-electron chi connectivity index (χ2n) is 5.49. The molecule has 0 aliphatic rings. The number of carbonyl (C=O) groups excluding carboxylic acids is 2. The number of alkyl halides is 3. The summed E-state index contributed by atoms with van der Waals surface area (Å²) in [5, 5.41) is 5.21. The minimum absolute atomic E-state index is 0.124.